The van der Waals surface area contributed by atoms with E-state index in [2.05, 4.69) is 36.6 Å². The molecule has 0 bridgehead atoms. The summed E-state index contributed by atoms with van der Waals surface area (Å²) >= 11 is 6.58. The highest BCUT2D eigenvalue weighted by Gasteiger charge is 2.11. The SMILES string of the molecule is O=S(=O)(CCCCO)Nc1ccc(Br)cc1Br. The number of hydrogen-bond acceptors (Lipinski definition) is 3. The van der Waals surface area contributed by atoms with Crippen molar-refractivity contribution in [2.75, 3.05) is 17.1 Å². The summed E-state index contributed by atoms with van der Waals surface area (Å²) in [5, 5.41) is 8.60. The molecule has 1 rings (SSSR count). The van der Waals surface area contributed by atoms with Gasteiger partial charge in [0.25, 0.3) is 0 Å². The Balaban J connectivity index is 2.69. The fourth-order valence-electron chi connectivity index (χ4n) is 1.19. The second-order valence-corrected chi connectivity index (χ2v) is 7.09. The Labute approximate surface area is 118 Å². The fraction of sp³-hybridized carbons (Fsp3) is 0.400. The minimum absolute atomic E-state index is 0.00998. The van der Waals surface area contributed by atoms with Crippen LogP contribution in [0.2, 0.25) is 0 Å². The third-order valence-electron chi connectivity index (χ3n) is 2.02. The van der Waals surface area contributed by atoms with Gasteiger partial charge in [0.2, 0.25) is 10.0 Å². The highest BCUT2D eigenvalue weighted by molar-refractivity contribution is 9.11. The molecule has 0 aliphatic carbocycles. The summed E-state index contributed by atoms with van der Waals surface area (Å²) in [5.41, 5.74) is 0.511. The first kappa shape index (κ1) is 14.9. The number of halogens is 2. The molecule has 0 radical (unpaired) electrons. The molecule has 0 saturated heterocycles. The van der Waals surface area contributed by atoms with Crippen molar-refractivity contribution in [1.82, 2.24) is 0 Å². The molecule has 0 atom stereocenters. The lowest BCUT2D eigenvalue weighted by Crippen LogP contribution is -2.17. The summed E-state index contributed by atoms with van der Waals surface area (Å²) in [6.07, 6.45) is 0.933. The Morgan fingerprint density at radius 3 is 2.53 bits per heavy atom. The van der Waals surface area contributed by atoms with Gasteiger partial charge in [-0.15, -0.1) is 0 Å². The third-order valence-corrected chi connectivity index (χ3v) is 4.52. The van der Waals surface area contributed by atoms with Crippen molar-refractivity contribution in [3.05, 3.63) is 27.1 Å². The van der Waals surface area contributed by atoms with Gasteiger partial charge < -0.3 is 5.11 Å². The number of benzene rings is 1. The molecule has 7 heteroatoms. The molecular formula is C10H13Br2NO3S. The number of aliphatic hydroxyl groups is 1. The van der Waals surface area contributed by atoms with Crippen LogP contribution in [0.3, 0.4) is 0 Å². The molecule has 4 nitrogen and oxygen atoms in total. The van der Waals surface area contributed by atoms with E-state index in [9.17, 15) is 8.42 Å². The number of rotatable bonds is 6. The highest BCUT2D eigenvalue weighted by Crippen LogP contribution is 2.27. The normalized spacial score (nSPS) is 11.5. The topological polar surface area (TPSA) is 66.4 Å². The lowest BCUT2D eigenvalue weighted by Gasteiger charge is -2.09. The van der Waals surface area contributed by atoms with E-state index in [1.165, 1.54) is 0 Å². The molecule has 17 heavy (non-hydrogen) atoms. The van der Waals surface area contributed by atoms with Crippen LogP contribution in [0.4, 0.5) is 5.69 Å². The van der Waals surface area contributed by atoms with Crippen molar-refractivity contribution in [2.24, 2.45) is 0 Å². The monoisotopic (exact) mass is 385 g/mol. The molecule has 1 aromatic rings. The molecule has 96 valence electrons. The number of unbranched alkanes of at least 4 members (excludes halogenated alkanes) is 1. The van der Waals surface area contributed by atoms with Crippen LogP contribution in [-0.4, -0.2) is 25.9 Å². The molecule has 2 N–H and O–H groups in total. The first-order chi connectivity index (χ1) is 7.94. The van der Waals surface area contributed by atoms with E-state index in [-0.39, 0.29) is 12.4 Å². The molecule has 0 amide bonds. The van der Waals surface area contributed by atoms with Gasteiger partial charge in [0, 0.05) is 15.6 Å². The second kappa shape index (κ2) is 6.72. The largest absolute Gasteiger partial charge is 0.396 e. The van der Waals surface area contributed by atoms with Gasteiger partial charge in [0.15, 0.2) is 0 Å². The van der Waals surface area contributed by atoms with Gasteiger partial charge in [0.05, 0.1) is 11.4 Å². The zero-order valence-electron chi connectivity index (χ0n) is 8.99. The van der Waals surface area contributed by atoms with Gasteiger partial charge in [-0.1, -0.05) is 15.9 Å². The first-order valence-electron chi connectivity index (χ1n) is 5.01. The Morgan fingerprint density at radius 1 is 1.24 bits per heavy atom. The van der Waals surface area contributed by atoms with E-state index in [1.807, 2.05) is 0 Å². The van der Waals surface area contributed by atoms with Crippen LogP contribution in [-0.2, 0) is 10.0 Å². The lowest BCUT2D eigenvalue weighted by atomic mass is 10.3. The molecular weight excluding hydrogens is 374 g/mol. The van der Waals surface area contributed by atoms with Crippen molar-refractivity contribution in [1.29, 1.82) is 0 Å². The van der Waals surface area contributed by atoms with Gasteiger partial charge in [-0.3, -0.25) is 4.72 Å². The van der Waals surface area contributed by atoms with E-state index in [1.54, 1.807) is 18.2 Å². The Hall–Kier alpha value is -0.110. The summed E-state index contributed by atoms with van der Waals surface area (Å²) < 4.78 is 27.4. The van der Waals surface area contributed by atoms with Crippen molar-refractivity contribution >= 4 is 47.6 Å². The van der Waals surface area contributed by atoms with Gasteiger partial charge in [0.1, 0.15) is 0 Å². The van der Waals surface area contributed by atoms with Crippen LogP contribution < -0.4 is 4.72 Å². The van der Waals surface area contributed by atoms with Crippen LogP contribution in [0.15, 0.2) is 27.1 Å². The Kier molecular flexibility index (Phi) is 5.91. The Bertz CT molecular complexity index is 476. The van der Waals surface area contributed by atoms with Gasteiger partial charge >= 0.3 is 0 Å². The number of nitrogens with one attached hydrogen (secondary N) is 1. The summed E-state index contributed by atoms with van der Waals surface area (Å²) in [5.74, 6) is 0.00998. The molecule has 0 unspecified atom stereocenters. The van der Waals surface area contributed by atoms with Crippen LogP contribution >= 0.6 is 31.9 Å². The van der Waals surface area contributed by atoms with E-state index >= 15 is 0 Å². The van der Waals surface area contributed by atoms with Crippen molar-refractivity contribution in [3.63, 3.8) is 0 Å². The molecule has 0 aliphatic rings. The predicted molar refractivity (Wildman–Crippen MR) is 75.6 cm³/mol. The van der Waals surface area contributed by atoms with Gasteiger partial charge in [-0.2, -0.15) is 0 Å². The van der Waals surface area contributed by atoms with E-state index in [0.717, 1.165) is 4.47 Å². The number of aliphatic hydroxyl groups excluding tert-OH is 1. The number of sulfonamides is 1. The van der Waals surface area contributed by atoms with E-state index < -0.39 is 10.0 Å². The first-order valence-corrected chi connectivity index (χ1v) is 8.25. The number of anilines is 1. The summed E-state index contributed by atoms with van der Waals surface area (Å²) in [4.78, 5) is 0. The predicted octanol–water partition coefficient (Wildman–Crippen LogP) is 2.73. The number of hydrogen-bond donors (Lipinski definition) is 2. The molecule has 0 heterocycles. The van der Waals surface area contributed by atoms with Crippen molar-refractivity contribution in [2.45, 2.75) is 12.8 Å². The molecule has 0 fully saturated rings. The highest BCUT2D eigenvalue weighted by atomic mass is 79.9. The standard InChI is InChI=1S/C10H13Br2NO3S/c11-8-3-4-10(9(12)7-8)13-17(15,16)6-2-1-5-14/h3-4,7,13-14H,1-2,5-6H2. The average Bonchev–Trinajstić information content (AvgIpc) is 2.22. The smallest absolute Gasteiger partial charge is 0.232 e. The summed E-state index contributed by atoms with van der Waals surface area (Å²) in [7, 11) is -3.35. The maximum Gasteiger partial charge on any atom is 0.232 e. The molecule has 0 saturated carbocycles. The quantitative estimate of drug-likeness (QED) is 0.738. The summed E-state index contributed by atoms with van der Waals surface area (Å²) in [6.45, 7) is 0.0114. The van der Waals surface area contributed by atoms with Gasteiger partial charge in [-0.25, -0.2) is 8.42 Å². The summed E-state index contributed by atoms with van der Waals surface area (Å²) in [6, 6.07) is 5.21. The molecule has 0 aromatic heterocycles. The van der Waals surface area contributed by atoms with Crippen LogP contribution in [0, 0.1) is 0 Å². The van der Waals surface area contributed by atoms with Crippen molar-refractivity contribution in [3.8, 4) is 0 Å². The fourth-order valence-corrected chi connectivity index (χ4v) is 3.67. The molecule has 0 aliphatic heterocycles. The second-order valence-electron chi connectivity index (χ2n) is 3.48. The molecule has 1 aromatic carbocycles. The Morgan fingerprint density at radius 2 is 1.94 bits per heavy atom. The lowest BCUT2D eigenvalue weighted by molar-refractivity contribution is 0.287. The maximum atomic E-state index is 11.7. The van der Waals surface area contributed by atoms with Gasteiger partial charge in [-0.05, 0) is 47.0 Å². The van der Waals surface area contributed by atoms with Crippen LogP contribution in [0.25, 0.3) is 0 Å². The minimum atomic E-state index is -3.35. The van der Waals surface area contributed by atoms with E-state index in [0.29, 0.717) is 23.0 Å². The zero-order valence-corrected chi connectivity index (χ0v) is 13.0. The minimum Gasteiger partial charge on any atom is -0.396 e. The maximum absolute atomic E-state index is 11.7. The van der Waals surface area contributed by atoms with Crippen LogP contribution in [0.5, 0.6) is 0 Å². The zero-order chi connectivity index (χ0) is 12.9. The van der Waals surface area contributed by atoms with E-state index in [4.69, 9.17) is 5.11 Å². The molecule has 0 spiro atoms. The average molecular weight is 387 g/mol. The van der Waals surface area contributed by atoms with Crippen molar-refractivity contribution < 1.29 is 13.5 Å². The third kappa shape index (κ3) is 5.37. The van der Waals surface area contributed by atoms with Crippen LogP contribution in [0.1, 0.15) is 12.8 Å².